The Morgan fingerprint density at radius 3 is 2.39 bits per heavy atom. The van der Waals surface area contributed by atoms with Gasteiger partial charge in [-0.15, -0.1) is 0 Å². The van der Waals surface area contributed by atoms with E-state index in [1.165, 1.54) is 5.56 Å². The molecule has 3 heteroatoms. The molecular formula is C15H13FO2. The van der Waals surface area contributed by atoms with Crippen molar-refractivity contribution in [2.45, 2.75) is 12.5 Å². The Labute approximate surface area is 105 Å². The highest BCUT2D eigenvalue weighted by Gasteiger charge is 2.30. The lowest BCUT2D eigenvalue weighted by molar-refractivity contribution is 0.0387. The molecule has 18 heavy (non-hydrogen) atoms. The average Bonchev–Trinajstić information content (AvgIpc) is 2.69. The van der Waals surface area contributed by atoms with E-state index < -0.39 is 0 Å². The lowest BCUT2D eigenvalue weighted by Crippen LogP contribution is -2.02. The predicted molar refractivity (Wildman–Crippen MR) is 67.2 cm³/mol. The maximum Gasteiger partial charge on any atom is 0.339 e. The first-order chi connectivity index (χ1) is 8.34. The molecule has 2 aromatic rings. The van der Waals surface area contributed by atoms with Crippen LogP contribution in [0.5, 0.6) is 0 Å². The molecule has 2 aromatic carbocycles. The number of carbonyl (C=O) groups excluding carboxylic acids is 1. The summed E-state index contributed by atoms with van der Waals surface area (Å²) in [4.78, 5) is 11.6. The van der Waals surface area contributed by atoms with Crippen LogP contribution in [0.4, 0.5) is 4.70 Å². The Morgan fingerprint density at radius 2 is 1.61 bits per heavy atom. The summed E-state index contributed by atoms with van der Waals surface area (Å²) in [5.74, 6) is -0.207. The number of esters is 1. The van der Waals surface area contributed by atoms with Crippen LogP contribution in [0, 0.1) is 0 Å². The fraction of sp³-hybridized carbons (Fsp3) is 0.133. The zero-order valence-electron chi connectivity index (χ0n) is 9.71. The van der Waals surface area contributed by atoms with Crippen LogP contribution in [-0.4, -0.2) is 5.97 Å². The van der Waals surface area contributed by atoms with E-state index >= 15 is 0 Å². The first-order valence-corrected chi connectivity index (χ1v) is 5.68. The maximum absolute atomic E-state index is 11.6. The summed E-state index contributed by atoms with van der Waals surface area (Å²) in [6, 6.07) is 17.7. The Morgan fingerprint density at radius 1 is 0.944 bits per heavy atom. The van der Waals surface area contributed by atoms with Crippen LogP contribution in [0.25, 0.3) is 0 Å². The lowest BCUT2D eigenvalue weighted by Gasteiger charge is -2.10. The molecule has 0 fully saturated rings. The number of halogens is 1. The van der Waals surface area contributed by atoms with E-state index in [4.69, 9.17) is 4.74 Å². The quantitative estimate of drug-likeness (QED) is 0.758. The van der Waals surface area contributed by atoms with Gasteiger partial charge >= 0.3 is 5.97 Å². The van der Waals surface area contributed by atoms with Crippen LogP contribution in [0.3, 0.4) is 0 Å². The van der Waals surface area contributed by atoms with E-state index in [9.17, 15) is 4.79 Å². The number of fused-ring (bicyclic) bond motifs is 1. The van der Waals surface area contributed by atoms with Crippen molar-refractivity contribution in [1.29, 1.82) is 0 Å². The van der Waals surface area contributed by atoms with Crippen molar-refractivity contribution >= 4 is 5.97 Å². The van der Waals surface area contributed by atoms with Gasteiger partial charge in [0.2, 0.25) is 0 Å². The minimum atomic E-state index is -0.207. The first-order valence-electron chi connectivity index (χ1n) is 5.68. The van der Waals surface area contributed by atoms with Gasteiger partial charge in [0.25, 0.3) is 0 Å². The van der Waals surface area contributed by atoms with Gasteiger partial charge in [0.1, 0.15) is 6.10 Å². The molecule has 1 heterocycles. The van der Waals surface area contributed by atoms with Gasteiger partial charge in [-0.25, -0.2) is 4.79 Å². The molecule has 0 saturated heterocycles. The maximum atomic E-state index is 11.6. The van der Waals surface area contributed by atoms with Gasteiger partial charge in [-0.1, -0.05) is 48.5 Å². The Bertz CT molecular complexity index is 551. The third-order valence-corrected chi connectivity index (χ3v) is 3.04. The van der Waals surface area contributed by atoms with E-state index in [1.54, 1.807) is 0 Å². The molecule has 1 atom stereocenters. The second-order valence-electron chi connectivity index (χ2n) is 4.17. The highest BCUT2D eigenvalue weighted by atomic mass is 19.0. The summed E-state index contributed by atoms with van der Waals surface area (Å²) in [5.41, 5.74) is 2.89. The minimum absolute atomic E-state index is 0. The summed E-state index contributed by atoms with van der Waals surface area (Å²) >= 11 is 0. The first kappa shape index (κ1) is 12.3. The topological polar surface area (TPSA) is 26.3 Å². The van der Waals surface area contributed by atoms with Gasteiger partial charge in [0.15, 0.2) is 0 Å². The molecule has 0 radical (unpaired) electrons. The fourth-order valence-electron chi connectivity index (χ4n) is 2.20. The smallest absolute Gasteiger partial charge is 0.339 e. The van der Waals surface area contributed by atoms with Crippen molar-refractivity contribution in [2.24, 2.45) is 0 Å². The molecule has 0 saturated carbocycles. The molecule has 0 amide bonds. The third kappa shape index (κ3) is 2.12. The molecule has 92 valence electrons. The van der Waals surface area contributed by atoms with E-state index in [2.05, 4.69) is 12.1 Å². The van der Waals surface area contributed by atoms with Gasteiger partial charge in [-0.2, -0.15) is 0 Å². The molecule has 1 unspecified atom stereocenters. The molecular weight excluding hydrogens is 231 g/mol. The van der Waals surface area contributed by atoms with Crippen molar-refractivity contribution in [3.05, 3.63) is 71.3 Å². The molecule has 2 nitrogen and oxygen atoms in total. The Kier molecular flexibility index (Phi) is 3.42. The minimum Gasteiger partial charge on any atom is -0.454 e. The molecule has 1 aliphatic rings. The number of ether oxygens (including phenoxy) is 1. The number of benzene rings is 2. The summed E-state index contributed by atoms with van der Waals surface area (Å²) in [7, 11) is 0. The largest absolute Gasteiger partial charge is 0.454 e. The van der Waals surface area contributed by atoms with Crippen molar-refractivity contribution in [3.8, 4) is 0 Å². The van der Waals surface area contributed by atoms with E-state index in [1.807, 2.05) is 42.5 Å². The number of rotatable bonds is 2. The predicted octanol–water partition coefficient (Wildman–Crippen LogP) is 3.29. The van der Waals surface area contributed by atoms with Crippen LogP contribution in [0.2, 0.25) is 0 Å². The molecule has 0 N–H and O–H groups in total. The molecule has 0 aromatic heterocycles. The zero-order valence-corrected chi connectivity index (χ0v) is 9.71. The van der Waals surface area contributed by atoms with Gasteiger partial charge in [-0.3, -0.25) is 4.70 Å². The highest BCUT2D eigenvalue weighted by molar-refractivity contribution is 5.94. The zero-order chi connectivity index (χ0) is 11.7. The van der Waals surface area contributed by atoms with Crippen LogP contribution in [-0.2, 0) is 11.2 Å². The fourth-order valence-corrected chi connectivity index (χ4v) is 2.20. The van der Waals surface area contributed by atoms with E-state index in [-0.39, 0.29) is 16.8 Å². The molecule has 3 rings (SSSR count). The number of cyclic esters (lactones) is 1. The SMILES string of the molecule is F.O=C1OC(Cc2ccccc2)c2ccccc21. The van der Waals surface area contributed by atoms with Crippen LogP contribution in [0.15, 0.2) is 54.6 Å². The summed E-state index contributed by atoms with van der Waals surface area (Å²) < 4.78 is 5.40. The average molecular weight is 244 g/mol. The molecule has 0 bridgehead atoms. The summed E-state index contributed by atoms with van der Waals surface area (Å²) in [6.07, 6.45) is 0.602. The normalized spacial score (nSPS) is 16.7. The highest BCUT2D eigenvalue weighted by Crippen LogP contribution is 2.32. The van der Waals surface area contributed by atoms with E-state index in [0.717, 1.165) is 12.0 Å². The summed E-state index contributed by atoms with van der Waals surface area (Å²) in [5, 5.41) is 0. The molecule has 0 spiro atoms. The van der Waals surface area contributed by atoms with Gasteiger partial charge in [0.05, 0.1) is 5.56 Å². The summed E-state index contributed by atoms with van der Waals surface area (Å²) in [6.45, 7) is 0. The van der Waals surface area contributed by atoms with E-state index in [0.29, 0.717) is 5.56 Å². The molecule has 1 aliphatic heterocycles. The third-order valence-electron chi connectivity index (χ3n) is 3.04. The van der Waals surface area contributed by atoms with Crippen molar-refractivity contribution < 1.29 is 14.2 Å². The number of carbonyl (C=O) groups is 1. The second-order valence-corrected chi connectivity index (χ2v) is 4.17. The lowest BCUT2D eigenvalue weighted by atomic mass is 9.99. The van der Waals surface area contributed by atoms with Gasteiger partial charge in [0, 0.05) is 12.0 Å². The Hall–Kier alpha value is -2.16. The molecule has 0 aliphatic carbocycles. The Balaban J connectivity index is 0.00000120. The van der Waals surface area contributed by atoms with Crippen LogP contribution in [0.1, 0.15) is 27.6 Å². The van der Waals surface area contributed by atoms with Crippen LogP contribution >= 0.6 is 0 Å². The van der Waals surface area contributed by atoms with Crippen molar-refractivity contribution in [1.82, 2.24) is 0 Å². The van der Waals surface area contributed by atoms with Gasteiger partial charge in [-0.05, 0) is 11.6 Å². The number of hydrogen-bond donors (Lipinski definition) is 0. The monoisotopic (exact) mass is 244 g/mol. The van der Waals surface area contributed by atoms with Crippen molar-refractivity contribution in [3.63, 3.8) is 0 Å². The van der Waals surface area contributed by atoms with Gasteiger partial charge < -0.3 is 4.74 Å². The second kappa shape index (κ2) is 5.00. The van der Waals surface area contributed by atoms with Crippen molar-refractivity contribution in [2.75, 3.05) is 0 Å². The number of hydrogen-bond acceptors (Lipinski definition) is 2. The standard InChI is InChI=1S/C15H12O2.FH/c16-15-13-9-5-4-8-12(13)14(17-15)10-11-6-2-1-3-7-11;/h1-9,14H,10H2;1H. The van der Waals surface area contributed by atoms with Crippen LogP contribution < -0.4 is 0 Å².